The fourth-order valence-electron chi connectivity index (χ4n) is 5.47. The highest BCUT2D eigenvalue weighted by atomic mass is 16.1. The Morgan fingerprint density at radius 2 is 1.75 bits per heavy atom. The van der Waals surface area contributed by atoms with Crippen LogP contribution in [0.15, 0.2) is 30.3 Å². The van der Waals surface area contributed by atoms with Crippen molar-refractivity contribution in [2.45, 2.75) is 64.7 Å². The zero-order valence-electron chi connectivity index (χ0n) is 17.6. The number of hydrogen-bond donors (Lipinski definition) is 0. The molecule has 1 heterocycles. The summed E-state index contributed by atoms with van der Waals surface area (Å²) < 4.78 is 0. The van der Waals surface area contributed by atoms with E-state index in [0.717, 1.165) is 26.2 Å². The summed E-state index contributed by atoms with van der Waals surface area (Å²) in [6.45, 7) is 6.60. The van der Waals surface area contributed by atoms with E-state index in [9.17, 15) is 4.79 Å². The minimum atomic E-state index is 0.359. The molecule has 28 heavy (non-hydrogen) atoms. The van der Waals surface area contributed by atoms with Crippen LogP contribution >= 0.6 is 0 Å². The second kappa shape index (κ2) is 8.82. The van der Waals surface area contributed by atoms with Gasteiger partial charge in [0.25, 0.3) is 0 Å². The van der Waals surface area contributed by atoms with Crippen molar-refractivity contribution >= 4 is 17.0 Å². The lowest BCUT2D eigenvalue weighted by molar-refractivity contribution is -0.119. The maximum atomic E-state index is 11.8. The van der Waals surface area contributed by atoms with Crippen LogP contribution in [0, 0.1) is 5.41 Å². The number of carbonyl (C=O) groups is 1. The van der Waals surface area contributed by atoms with Crippen molar-refractivity contribution in [1.82, 2.24) is 4.90 Å². The zero-order valence-corrected chi connectivity index (χ0v) is 17.6. The average Bonchev–Trinajstić information content (AvgIpc) is 2.75. The highest BCUT2D eigenvalue weighted by Gasteiger charge is 2.34. The molecule has 152 valence electrons. The summed E-state index contributed by atoms with van der Waals surface area (Å²) in [4.78, 5) is 16.6. The smallest absolute Gasteiger partial charge is 0.146 e. The molecule has 0 radical (unpaired) electrons. The second-order valence-corrected chi connectivity index (χ2v) is 9.17. The van der Waals surface area contributed by atoms with Crippen LogP contribution in [0.4, 0.5) is 5.69 Å². The lowest BCUT2D eigenvalue weighted by Gasteiger charge is -2.41. The van der Waals surface area contributed by atoms with E-state index in [1.807, 2.05) is 6.92 Å². The molecule has 1 saturated heterocycles. The second-order valence-electron chi connectivity index (χ2n) is 9.17. The van der Waals surface area contributed by atoms with Gasteiger partial charge < -0.3 is 4.90 Å². The highest BCUT2D eigenvalue weighted by molar-refractivity contribution is 5.80. The Bertz CT molecular complexity index is 709. The van der Waals surface area contributed by atoms with Crippen molar-refractivity contribution in [2.24, 2.45) is 5.41 Å². The van der Waals surface area contributed by atoms with E-state index < -0.39 is 0 Å². The molecule has 2 aliphatic carbocycles. The van der Waals surface area contributed by atoms with E-state index in [1.54, 1.807) is 5.57 Å². The Morgan fingerprint density at radius 3 is 2.43 bits per heavy atom. The molecule has 3 aliphatic rings. The summed E-state index contributed by atoms with van der Waals surface area (Å²) in [5.41, 5.74) is 5.03. The predicted molar refractivity (Wildman–Crippen MR) is 118 cm³/mol. The number of carbonyl (C=O) groups excluding carboxylic acids is 1. The lowest BCUT2D eigenvalue weighted by Crippen LogP contribution is -2.48. The number of ketones is 1. The van der Waals surface area contributed by atoms with Gasteiger partial charge in [0.2, 0.25) is 0 Å². The van der Waals surface area contributed by atoms with E-state index in [-0.39, 0.29) is 0 Å². The van der Waals surface area contributed by atoms with Crippen molar-refractivity contribution < 1.29 is 4.79 Å². The first-order chi connectivity index (χ1) is 13.7. The fraction of sp³-hybridized carbons (Fsp3) is 0.640. The van der Waals surface area contributed by atoms with Crippen LogP contribution in [-0.4, -0.2) is 43.4 Å². The number of hydrogen-bond acceptors (Lipinski definition) is 3. The standard InChI is InChI=1S/C25H36N2O/c1-2-22(28)20-26-16-18-27(19-17-26)24-9-5-4-8-23(24)21-10-14-25(15-11-21)12-6-3-7-13-25/h4-5,8-10H,2-3,6-7,11-20H2,1H3. The first-order valence-corrected chi connectivity index (χ1v) is 11.5. The molecule has 1 spiro atoms. The molecule has 0 aromatic heterocycles. The van der Waals surface area contributed by atoms with Crippen molar-refractivity contribution in [3.8, 4) is 0 Å². The molecule has 2 fully saturated rings. The lowest BCUT2D eigenvalue weighted by atomic mass is 9.65. The molecule has 1 aromatic rings. The van der Waals surface area contributed by atoms with Crippen molar-refractivity contribution in [2.75, 3.05) is 37.6 Å². The molecule has 0 unspecified atom stereocenters. The average molecular weight is 381 g/mol. The topological polar surface area (TPSA) is 23.6 Å². The van der Waals surface area contributed by atoms with Gasteiger partial charge in [-0.15, -0.1) is 0 Å². The van der Waals surface area contributed by atoms with E-state index in [4.69, 9.17) is 0 Å². The van der Waals surface area contributed by atoms with Gasteiger partial charge >= 0.3 is 0 Å². The highest BCUT2D eigenvalue weighted by Crippen LogP contribution is 2.49. The summed E-state index contributed by atoms with van der Waals surface area (Å²) >= 11 is 0. The predicted octanol–water partition coefficient (Wildman–Crippen LogP) is 5.31. The van der Waals surface area contributed by atoms with Crippen LogP contribution < -0.4 is 4.90 Å². The summed E-state index contributed by atoms with van der Waals surface area (Å²) in [5, 5.41) is 0. The normalized spacial score (nSPS) is 22.9. The number of piperazine rings is 1. The number of benzene rings is 1. The third kappa shape index (κ3) is 4.35. The first kappa shape index (κ1) is 19.7. The number of allylic oxidation sites excluding steroid dienone is 2. The number of anilines is 1. The Labute approximate surface area is 170 Å². The van der Waals surface area contributed by atoms with Gasteiger partial charge in [-0.3, -0.25) is 9.69 Å². The minimum Gasteiger partial charge on any atom is -0.368 e. The maximum absolute atomic E-state index is 11.8. The molecule has 3 nitrogen and oxygen atoms in total. The summed E-state index contributed by atoms with van der Waals surface area (Å²) in [5.74, 6) is 0.359. The van der Waals surface area contributed by atoms with Crippen LogP contribution in [0.5, 0.6) is 0 Å². The molecule has 0 atom stereocenters. The van der Waals surface area contributed by atoms with Crippen molar-refractivity contribution in [3.05, 3.63) is 35.9 Å². The Balaban J connectivity index is 1.44. The SMILES string of the molecule is CCC(=O)CN1CCN(c2ccccc2C2=CCC3(CCCCC3)CC2)CC1. The van der Waals surface area contributed by atoms with Gasteiger partial charge in [0.15, 0.2) is 0 Å². The molecule has 3 heteroatoms. The molecule has 1 aromatic carbocycles. The molecule has 1 aliphatic heterocycles. The third-order valence-electron chi connectivity index (χ3n) is 7.38. The van der Waals surface area contributed by atoms with Gasteiger partial charge in [0.1, 0.15) is 5.78 Å². The third-order valence-corrected chi connectivity index (χ3v) is 7.38. The van der Waals surface area contributed by atoms with Crippen LogP contribution in [0.1, 0.15) is 70.3 Å². The quantitative estimate of drug-likeness (QED) is 0.692. The van der Waals surface area contributed by atoms with Crippen LogP contribution in [0.25, 0.3) is 5.57 Å². The number of Topliss-reactive ketones (excluding diaryl/α,β-unsaturated/α-hetero) is 1. The fourth-order valence-corrected chi connectivity index (χ4v) is 5.47. The molecule has 0 amide bonds. The van der Waals surface area contributed by atoms with Gasteiger partial charge in [-0.05, 0) is 49.2 Å². The zero-order chi connectivity index (χ0) is 19.4. The molecule has 0 bridgehead atoms. The largest absolute Gasteiger partial charge is 0.368 e. The maximum Gasteiger partial charge on any atom is 0.146 e. The monoisotopic (exact) mass is 380 g/mol. The van der Waals surface area contributed by atoms with Gasteiger partial charge in [-0.2, -0.15) is 0 Å². The Kier molecular flexibility index (Phi) is 6.20. The van der Waals surface area contributed by atoms with Crippen molar-refractivity contribution in [1.29, 1.82) is 0 Å². The molecule has 4 rings (SSSR count). The van der Waals surface area contributed by atoms with E-state index in [0.29, 0.717) is 24.2 Å². The summed E-state index contributed by atoms with van der Waals surface area (Å²) in [7, 11) is 0. The molecular formula is C25H36N2O. The summed E-state index contributed by atoms with van der Waals surface area (Å²) in [6.07, 6.45) is 14.3. The van der Waals surface area contributed by atoms with Gasteiger partial charge in [-0.1, -0.05) is 50.5 Å². The Morgan fingerprint density at radius 1 is 1.00 bits per heavy atom. The number of para-hydroxylation sites is 1. The van der Waals surface area contributed by atoms with E-state index in [2.05, 4.69) is 40.1 Å². The molecule has 0 N–H and O–H groups in total. The van der Waals surface area contributed by atoms with Gasteiger partial charge in [0, 0.05) is 43.9 Å². The van der Waals surface area contributed by atoms with E-state index in [1.165, 1.54) is 62.6 Å². The number of nitrogens with zero attached hydrogens (tertiary/aromatic N) is 2. The Hall–Kier alpha value is -1.61. The minimum absolute atomic E-state index is 0.359. The van der Waals surface area contributed by atoms with E-state index >= 15 is 0 Å². The first-order valence-electron chi connectivity index (χ1n) is 11.5. The van der Waals surface area contributed by atoms with Crippen molar-refractivity contribution in [3.63, 3.8) is 0 Å². The van der Waals surface area contributed by atoms with Crippen LogP contribution in [0.2, 0.25) is 0 Å². The molecular weight excluding hydrogens is 344 g/mol. The molecule has 1 saturated carbocycles. The van der Waals surface area contributed by atoms with Gasteiger partial charge in [-0.25, -0.2) is 0 Å². The van der Waals surface area contributed by atoms with Gasteiger partial charge in [0.05, 0.1) is 6.54 Å². The van der Waals surface area contributed by atoms with Crippen LogP contribution in [-0.2, 0) is 4.79 Å². The van der Waals surface area contributed by atoms with Crippen LogP contribution in [0.3, 0.4) is 0 Å². The number of rotatable bonds is 5. The summed E-state index contributed by atoms with van der Waals surface area (Å²) in [6, 6.07) is 9.00.